The second-order valence-electron chi connectivity index (χ2n) is 8.08. The number of thiophene rings is 1. The fraction of sp³-hybridized carbons (Fsp3) is 0.478. The molecule has 0 bridgehead atoms. The lowest BCUT2D eigenvalue weighted by Gasteiger charge is -2.31. The Morgan fingerprint density at radius 3 is 3.07 bits per heavy atom. The van der Waals surface area contributed by atoms with Gasteiger partial charge in [-0.2, -0.15) is 0 Å². The zero-order valence-electron chi connectivity index (χ0n) is 17.8. The third-order valence-corrected chi connectivity index (χ3v) is 6.96. The third kappa shape index (κ3) is 4.84. The van der Waals surface area contributed by atoms with Crippen molar-refractivity contribution < 1.29 is 4.79 Å². The number of carbonyl (C=O) groups excluding carboxylic acids is 1. The van der Waals surface area contributed by atoms with Crippen LogP contribution in [0.5, 0.6) is 0 Å². The molecule has 2 unspecified atom stereocenters. The van der Waals surface area contributed by atoms with Gasteiger partial charge in [0.1, 0.15) is 0 Å². The zero-order chi connectivity index (χ0) is 20.9. The number of aliphatic imine (C=N–C) groups is 1. The fourth-order valence-corrected chi connectivity index (χ4v) is 5.12. The van der Waals surface area contributed by atoms with Crippen molar-refractivity contribution >= 4 is 28.9 Å². The first kappa shape index (κ1) is 20.9. The van der Waals surface area contributed by atoms with Crippen LogP contribution in [-0.4, -0.2) is 49.0 Å². The Labute approximate surface area is 182 Å². The summed E-state index contributed by atoms with van der Waals surface area (Å²) < 4.78 is 0. The summed E-state index contributed by atoms with van der Waals surface area (Å²) in [6.07, 6.45) is 1.64. The van der Waals surface area contributed by atoms with E-state index in [0.29, 0.717) is 19.0 Å². The van der Waals surface area contributed by atoms with E-state index in [1.165, 1.54) is 16.0 Å². The van der Waals surface area contributed by atoms with E-state index in [0.717, 1.165) is 44.2 Å². The Morgan fingerprint density at radius 1 is 1.33 bits per heavy atom. The highest BCUT2D eigenvalue weighted by molar-refractivity contribution is 7.10. The van der Waals surface area contributed by atoms with E-state index in [1.54, 1.807) is 0 Å². The highest BCUT2D eigenvalue weighted by Crippen LogP contribution is 2.31. The van der Waals surface area contributed by atoms with Gasteiger partial charge in [-0.15, -0.1) is 11.3 Å². The summed E-state index contributed by atoms with van der Waals surface area (Å²) in [6.45, 7) is 8.70. The molecule has 6 nitrogen and oxygen atoms in total. The maximum Gasteiger partial charge on any atom is 0.225 e. The molecule has 2 aromatic rings. The average Bonchev–Trinajstić information content (AvgIpc) is 3.23. The van der Waals surface area contributed by atoms with Gasteiger partial charge in [0.15, 0.2) is 5.96 Å². The maximum absolute atomic E-state index is 12.1. The number of guanidine groups is 1. The number of hydrogen-bond donors (Lipinski definition) is 3. The minimum atomic E-state index is 0.0777. The quantitative estimate of drug-likeness (QED) is 0.491. The molecule has 0 saturated carbocycles. The van der Waals surface area contributed by atoms with E-state index in [1.807, 2.05) is 29.5 Å². The van der Waals surface area contributed by atoms with Crippen LogP contribution >= 0.6 is 11.3 Å². The second-order valence-corrected chi connectivity index (χ2v) is 9.08. The number of benzene rings is 1. The molecule has 2 aliphatic rings. The van der Waals surface area contributed by atoms with Gasteiger partial charge >= 0.3 is 0 Å². The van der Waals surface area contributed by atoms with Gasteiger partial charge < -0.3 is 16.0 Å². The Kier molecular flexibility index (Phi) is 6.69. The maximum atomic E-state index is 12.1. The summed E-state index contributed by atoms with van der Waals surface area (Å²) in [5, 5.41) is 12.0. The van der Waals surface area contributed by atoms with Crippen LogP contribution < -0.4 is 16.0 Å². The smallest absolute Gasteiger partial charge is 0.225 e. The first-order valence-corrected chi connectivity index (χ1v) is 11.7. The standard InChI is InChI=1S/C23H31N5OS/c1-3-24-23(25-13-16(2)28-10-8-21-17(15-28)9-11-30-21)26-14-18-12-22(29)27-20-7-5-4-6-19(18)20/h4-7,9,11,16,18H,3,8,10,12-15H2,1-2H3,(H,27,29)(H2,24,25,26). The molecule has 3 heterocycles. The lowest BCUT2D eigenvalue weighted by molar-refractivity contribution is -0.116. The lowest BCUT2D eigenvalue weighted by atomic mass is 9.90. The van der Waals surface area contributed by atoms with Gasteiger partial charge in [-0.05, 0) is 48.9 Å². The number of carbonyl (C=O) groups is 1. The number of hydrogen-bond acceptors (Lipinski definition) is 4. The van der Waals surface area contributed by atoms with Gasteiger partial charge in [-0.1, -0.05) is 18.2 Å². The van der Waals surface area contributed by atoms with Crippen molar-refractivity contribution in [2.24, 2.45) is 4.99 Å². The van der Waals surface area contributed by atoms with Crippen LogP contribution in [0.3, 0.4) is 0 Å². The molecule has 0 fully saturated rings. The summed E-state index contributed by atoms with van der Waals surface area (Å²) in [4.78, 5) is 21.0. The minimum Gasteiger partial charge on any atom is -0.357 e. The van der Waals surface area contributed by atoms with Crippen LogP contribution in [0.2, 0.25) is 0 Å². The van der Waals surface area contributed by atoms with Crippen molar-refractivity contribution in [2.75, 3.05) is 31.5 Å². The molecule has 1 amide bonds. The number of nitrogens with one attached hydrogen (secondary N) is 3. The van der Waals surface area contributed by atoms with E-state index in [4.69, 9.17) is 4.99 Å². The monoisotopic (exact) mass is 425 g/mol. The predicted molar refractivity (Wildman–Crippen MR) is 124 cm³/mol. The Morgan fingerprint density at radius 2 is 2.20 bits per heavy atom. The average molecular weight is 426 g/mol. The largest absolute Gasteiger partial charge is 0.357 e. The Hall–Kier alpha value is -2.38. The van der Waals surface area contributed by atoms with Crippen molar-refractivity contribution in [1.82, 2.24) is 15.5 Å². The summed E-state index contributed by atoms with van der Waals surface area (Å²) >= 11 is 1.88. The summed E-state index contributed by atoms with van der Waals surface area (Å²) in [5.74, 6) is 1.05. The van der Waals surface area contributed by atoms with Gasteiger partial charge in [-0.3, -0.25) is 14.7 Å². The Balaban J connectivity index is 1.36. The van der Waals surface area contributed by atoms with Crippen molar-refractivity contribution in [3.63, 3.8) is 0 Å². The predicted octanol–water partition coefficient (Wildman–Crippen LogP) is 3.18. The first-order chi connectivity index (χ1) is 14.6. The van der Waals surface area contributed by atoms with E-state index in [9.17, 15) is 4.79 Å². The molecule has 0 radical (unpaired) electrons. The second kappa shape index (κ2) is 9.62. The molecule has 0 spiro atoms. The molecule has 1 aromatic heterocycles. The molecule has 2 aliphatic heterocycles. The van der Waals surface area contributed by atoms with Crippen LogP contribution in [0, 0.1) is 0 Å². The van der Waals surface area contributed by atoms with Crippen LogP contribution in [0.15, 0.2) is 40.7 Å². The van der Waals surface area contributed by atoms with Crippen LogP contribution in [0.1, 0.15) is 42.2 Å². The number of nitrogens with zero attached hydrogens (tertiary/aromatic N) is 2. The molecule has 0 saturated heterocycles. The van der Waals surface area contributed by atoms with Crippen LogP contribution in [0.25, 0.3) is 0 Å². The highest BCUT2D eigenvalue weighted by Gasteiger charge is 2.25. The number of rotatable bonds is 6. The lowest BCUT2D eigenvalue weighted by Crippen LogP contribution is -2.43. The van der Waals surface area contributed by atoms with Gasteiger partial charge in [0, 0.05) is 55.1 Å². The van der Waals surface area contributed by atoms with Crippen molar-refractivity contribution in [3.05, 3.63) is 51.7 Å². The van der Waals surface area contributed by atoms with Gasteiger partial charge in [0.25, 0.3) is 0 Å². The topological polar surface area (TPSA) is 68.8 Å². The molecule has 160 valence electrons. The number of para-hydroxylation sites is 1. The van der Waals surface area contributed by atoms with Crippen molar-refractivity contribution in [2.45, 2.75) is 45.2 Å². The number of amides is 1. The van der Waals surface area contributed by atoms with Gasteiger partial charge in [-0.25, -0.2) is 0 Å². The van der Waals surface area contributed by atoms with E-state index >= 15 is 0 Å². The SMILES string of the molecule is CCNC(=NCC(C)N1CCc2sccc2C1)NCC1CC(=O)Nc2ccccc21. The molecule has 1 aromatic carbocycles. The van der Waals surface area contributed by atoms with E-state index < -0.39 is 0 Å². The van der Waals surface area contributed by atoms with Crippen LogP contribution in [0.4, 0.5) is 5.69 Å². The summed E-state index contributed by atoms with van der Waals surface area (Å²) in [7, 11) is 0. The Bertz CT molecular complexity index is 909. The summed E-state index contributed by atoms with van der Waals surface area (Å²) in [5.41, 5.74) is 3.59. The van der Waals surface area contributed by atoms with Gasteiger partial charge in [0.2, 0.25) is 5.91 Å². The van der Waals surface area contributed by atoms with E-state index in [-0.39, 0.29) is 11.8 Å². The van der Waals surface area contributed by atoms with Crippen LogP contribution in [-0.2, 0) is 17.8 Å². The fourth-order valence-electron chi connectivity index (χ4n) is 4.23. The number of anilines is 1. The zero-order valence-corrected chi connectivity index (χ0v) is 18.6. The van der Waals surface area contributed by atoms with Gasteiger partial charge in [0.05, 0.1) is 6.54 Å². The molecule has 2 atom stereocenters. The van der Waals surface area contributed by atoms with Crippen molar-refractivity contribution in [1.29, 1.82) is 0 Å². The van der Waals surface area contributed by atoms with E-state index in [2.05, 4.69) is 52.2 Å². The molecular formula is C23H31N5OS. The molecule has 30 heavy (non-hydrogen) atoms. The minimum absolute atomic E-state index is 0.0777. The normalized spacial score (nSPS) is 20.1. The molecule has 7 heteroatoms. The first-order valence-electron chi connectivity index (χ1n) is 10.8. The summed E-state index contributed by atoms with van der Waals surface area (Å²) in [6, 6.07) is 10.7. The highest BCUT2D eigenvalue weighted by atomic mass is 32.1. The molecule has 3 N–H and O–H groups in total. The molecular weight excluding hydrogens is 394 g/mol. The third-order valence-electron chi connectivity index (χ3n) is 5.94. The molecule has 0 aliphatic carbocycles. The van der Waals surface area contributed by atoms with Crippen molar-refractivity contribution in [3.8, 4) is 0 Å². The molecule has 4 rings (SSSR count). The number of fused-ring (bicyclic) bond motifs is 2.